The number of pyridine rings is 1. The van der Waals surface area contributed by atoms with E-state index in [4.69, 9.17) is 0 Å². The largest absolute Gasteiger partial charge is 0.366 e. The second-order valence-corrected chi connectivity index (χ2v) is 7.33. The van der Waals surface area contributed by atoms with Crippen molar-refractivity contribution in [2.24, 2.45) is 13.0 Å². The summed E-state index contributed by atoms with van der Waals surface area (Å²) >= 11 is 0. The van der Waals surface area contributed by atoms with Crippen LogP contribution in [0.4, 0.5) is 5.82 Å². The van der Waals surface area contributed by atoms with E-state index in [-0.39, 0.29) is 5.91 Å². The predicted molar refractivity (Wildman–Crippen MR) is 106 cm³/mol. The van der Waals surface area contributed by atoms with E-state index in [0.717, 1.165) is 43.9 Å². The number of imidazole rings is 1. The van der Waals surface area contributed by atoms with Gasteiger partial charge in [-0.3, -0.25) is 9.48 Å². The number of carbonyl (C=O) groups excluding carboxylic acids is 1. The Hall–Kier alpha value is -3.16. The van der Waals surface area contributed by atoms with Gasteiger partial charge in [-0.2, -0.15) is 5.10 Å². The standard InChI is InChI=1S/C20H25N7O/c1-25-12-17(10-24-25)9-22-19-5-4-18(11-23-19)20(28)27-7-2-3-16(14-27)13-26-8-6-21-15-26/h4-6,8,10-12,15-16H,2-3,7,9,13-14H2,1H3,(H,22,23)/t16-/m1/s1. The van der Waals surface area contributed by atoms with E-state index in [2.05, 4.69) is 25.0 Å². The molecule has 1 aliphatic rings. The van der Waals surface area contributed by atoms with Gasteiger partial charge in [0.05, 0.1) is 18.1 Å². The Kier molecular flexibility index (Phi) is 5.36. The van der Waals surface area contributed by atoms with E-state index in [1.165, 1.54) is 0 Å². The van der Waals surface area contributed by atoms with E-state index >= 15 is 0 Å². The molecule has 1 N–H and O–H groups in total. The Bertz CT molecular complexity index is 901. The van der Waals surface area contributed by atoms with Crippen LogP contribution in [-0.2, 0) is 20.1 Å². The quantitative estimate of drug-likeness (QED) is 0.710. The number of nitrogens with zero attached hydrogens (tertiary/aromatic N) is 6. The van der Waals surface area contributed by atoms with Gasteiger partial charge < -0.3 is 14.8 Å². The highest BCUT2D eigenvalue weighted by Gasteiger charge is 2.24. The van der Waals surface area contributed by atoms with Crippen molar-refractivity contribution in [3.63, 3.8) is 0 Å². The lowest BCUT2D eigenvalue weighted by Gasteiger charge is -2.33. The van der Waals surface area contributed by atoms with Crippen LogP contribution in [0.2, 0.25) is 0 Å². The first-order valence-electron chi connectivity index (χ1n) is 9.60. The van der Waals surface area contributed by atoms with Crippen molar-refractivity contribution < 1.29 is 4.79 Å². The van der Waals surface area contributed by atoms with Crippen LogP contribution in [0.15, 0.2) is 49.4 Å². The normalized spacial score (nSPS) is 16.9. The first-order valence-corrected chi connectivity index (χ1v) is 9.60. The number of carbonyl (C=O) groups is 1. The van der Waals surface area contributed by atoms with Gasteiger partial charge in [0.15, 0.2) is 0 Å². The average molecular weight is 379 g/mol. The summed E-state index contributed by atoms with van der Waals surface area (Å²) in [5, 5.41) is 7.40. The van der Waals surface area contributed by atoms with Gasteiger partial charge in [-0.15, -0.1) is 0 Å². The number of piperidine rings is 1. The van der Waals surface area contributed by atoms with Crippen LogP contribution in [0.3, 0.4) is 0 Å². The van der Waals surface area contributed by atoms with Gasteiger partial charge >= 0.3 is 0 Å². The van der Waals surface area contributed by atoms with Crippen LogP contribution in [0.5, 0.6) is 0 Å². The highest BCUT2D eigenvalue weighted by molar-refractivity contribution is 5.94. The van der Waals surface area contributed by atoms with Crippen molar-refractivity contribution in [1.82, 2.24) is 29.2 Å². The molecule has 146 valence electrons. The molecule has 8 heteroatoms. The molecule has 1 fully saturated rings. The molecule has 4 rings (SSSR count). The first kappa shape index (κ1) is 18.2. The Morgan fingerprint density at radius 2 is 2.25 bits per heavy atom. The summed E-state index contributed by atoms with van der Waals surface area (Å²) in [6, 6.07) is 3.71. The zero-order chi connectivity index (χ0) is 19.3. The molecule has 3 aromatic heterocycles. The van der Waals surface area contributed by atoms with Crippen LogP contribution < -0.4 is 5.32 Å². The van der Waals surface area contributed by atoms with Crippen molar-refractivity contribution in [3.05, 3.63) is 60.6 Å². The van der Waals surface area contributed by atoms with Gasteiger partial charge in [0.2, 0.25) is 0 Å². The molecule has 1 saturated heterocycles. The smallest absolute Gasteiger partial charge is 0.255 e. The van der Waals surface area contributed by atoms with Crippen LogP contribution in [0.25, 0.3) is 0 Å². The monoisotopic (exact) mass is 379 g/mol. The van der Waals surface area contributed by atoms with Gasteiger partial charge in [0.25, 0.3) is 5.91 Å². The zero-order valence-electron chi connectivity index (χ0n) is 16.0. The van der Waals surface area contributed by atoms with Crippen molar-refractivity contribution in [2.45, 2.75) is 25.9 Å². The van der Waals surface area contributed by atoms with Crippen LogP contribution in [0, 0.1) is 5.92 Å². The maximum atomic E-state index is 12.9. The van der Waals surface area contributed by atoms with Crippen LogP contribution in [-0.4, -0.2) is 48.2 Å². The van der Waals surface area contributed by atoms with Gasteiger partial charge in [-0.1, -0.05) is 0 Å². The van der Waals surface area contributed by atoms with E-state index in [1.807, 2.05) is 49.0 Å². The SMILES string of the molecule is Cn1cc(CNc2ccc(C(=O)N3CCC[C@H](Cn4ccnc4)C3)cn2)cn1. The molecule has 0 spiro atoms. The van der Waals surface area contributed by atoms with Crippen LogP contribution >= 0.6 is 0 Å². The summed E-state index contributed by atoms with van der Waals surface area (Å²) in [6.07, 6.45) is 13.2. The summed E-state index contributed by atoms with van der Waals surface area (Å²) in [6.45, 7) is 3.13. The van der Waals surface area contributed by atoms with Crippen LogP contribution in [0.1, 0.15) is 28.8 Å². The fraction of sp³-hybridized carbons (Fsp3) is 0.400. The first-order chi connectivity index (χ1) is 13.7. The third-order valence-corrected chi connectivity index (χ3v) is 5.08. The topological polar surface area (TPSA) is 80.9 Å². The second-order valence-electron chi connectivity index (χ2n) is 7.33. The van der Waals surface area contributed by atoms with E-state index in [0.29, 0.717) is 18.0 Å². The molecule has 0 radical (unpaired) electrons. The number of aromatic nitrogens is 5. The van der Waals surface area contributed by atoms with Crippen molar-refractivity contribution in [2.75, 3.05) is 18.4 Å². The molecule has 8 nitrogen and oxygen atoms in total. The molecule has 0 aliphatic carbocycles. The average Bonchev–Trinajstić information content (AvgIpc) is 3.38. The number of hydrogen-bond donors (Lipinski definition) is 1. The lowest BCUT2D eigenvalue weighted by molar-refractivity contribution is 0.0662. The minimum absolute atomic E-state index is 0.0571. The summed E-state index contributed by atoms with van der Waals surface area (Å²) in [5.74, 6) is 1.26. The molecule has 3 aromatic rings. The number of amides is 1. The molecular weight excluding hydrogens is 354 g/mol. The predicted octanol–water partition coefficient (Wildman–Crippen LogP) is 2.18. The number of anilines is 1. The molecule has 1 aliphatic heterocycles. The maximum Gasteiger partial charge on any atom is 0.255 e. The Morgan fingerprint density at radius 3 is 2.96 bits per heavy atom. The minimum Gasteiger partial charge on any atom is -0.366 e. The molecule has 4 heterocycles. The molecule has 1 atom stereocenters. The molecule has 28 heavy (non-hydrogen) atoms. The number of aryl methyl sites for hydroxylation is 1. The molecular formula is C20H25N7O. The zero-order valence-corrected chi connectivity index (χ0v) is 16.0. The van der Waals surface area contributed by atoms with Crippen molar-refractivity contribution >= 4 is 11.7 Å². The van der Waals surface area contributed by atoms with E-state index in [1.54, 1.807) is 17.1 Å². The Balaban J connectivity index is 1.33. The maximum absolute atomic E-state index is 12.9. The lowest BCUT2D eigenvalue weighted by Crippen LogP contribution is -2.41. The molecule has 0 unspecified atom stereocenters. The summed E-state index contributed by atoms with van der Waals surface area (Å²) < 4.78 is 3.85. The molecule has 0 aromatic carbocycles. The van der Waals surface area contributed by atoms with Crippen molar-refractivity contribution in [3.8, 4) is 0 Å². The van der Waals surface area contributed by atoms with Gasteiger partial charge in [0, 0.05) is 63.6 Å². The van der Waals surface area contributed by atoms with E-state index in [9.17, 15) is 4.79 Å². The third kappa shape index (κ3) is 4.39. The Morgan fingerprint density at radius 1 is 1.32 bits per heavy atom. The highest BCUT2D eigenvalue weighted by atomic mass is 16.2. The lowest BCUT2D eigenvalue weighted by atomic mass is 9.97. The molecule has 0 bridgehead atoms. The molecule has 1 amide bonds. The fourth-order valence-electron chi connectivity index (χ4n) is 3.65. The van der Waals surface area contributed by atoms with E-state index < -0.39 is 0 Å². The number of rotatable bonds is 6. The summed E-state index contributed by atoms with van der Waals surface area (Å²) in [4.78, 5) is 23.3. The summed E-state index contributed by atoms with van der Waals surface area (Å²) in [5.41, 5.74) is 1.72. The minimum atomic E-state index is 0.0571. The second kappa shape index (κ2) is 8.24. The third-order valence-electron chi connectivity index (χ3n) is 5.08. The summed E-state index contributed by atoms with van der Waals surface area (Å²) in [7, 11) is 1.89. The number of nitrogens with one attached hydrogen (secondary N) is 1. The van der Waals surface area contributed by atoms with Crippen molar-refractivity contribution in [1.29, 1.82) is 0 Å². The van der Waals surface area contributed by atoms with Gasteiger partial charge in [-0.25, -0.2) is 9.97 Å². The number of likely N-dealkylation sites (tertiary alicyclic amines) is 1. The Labute approximate surface area is 164 Å². The highest BCUT2D eigenvalue weighted by Crippen LogP contribution is 2.20. The molecule has 0 saturated carbocycles. The van der Waals surface area contributed by atoms with Gasteiger partial charge in [0.1, 0.15) is 5.82 Å². The van der Waals surface area contributed by atoms with Gasteiger partial charge in [-0.05, 0) is 30.9 Å². The number of hydrogen-bond acceptors (Lipinski definition) is 5. The fourth-order valence-corrected chi connectivity index (χ4v) is 3.65.